The highest BCUT2D eigenvalue weighted by atomic mass is 19.1. The molecule has 3 aromatic carbocycles. The molecule has 0 spiro atoms. The van der Waals surface area contributed by atoms with Gasteiger partial charge in [-0.25, -0.2) is 9.38 Å². The number of benzodiazepines with no additional fused rings is 1. The number of carbonyl (C=O) groups is 1. The van der Waals surface area contributed by atoms with Crippen LogP contribution in [0.2, 0.25) is 0 Å². The standard InChI is InChI=1S/C25H22FN5O/c1-27-18-12-13-22(20(26)16-18)30-14-7-15-31(30)24-25(32)28-21-11-6-5-10-19(21)23(29-24)17-8-3-2-4-9-17/h2-13,15-16,24,27H,14H2,1H3,(H,28,32)/t24-/m0/s1. The van der Waals surface area contributed by atoms with Crippen molar-refractivity contribution in [1.82, 2.24) is 5.01 Å². The van der Waals surface area contributed by atoms with E-state index in [1.807, 2.05) is 60.7 Å². The summed E-state index contributed by atoms with van der Waals surface area (Å²) in [6.45, 7) is 0.433. The summed E-state index contributed by atoms with van der Waals surface area (Å²) in [5.74, 6) is -0.665. The minimum Gasteiger partial charge on any atom is -0.388 e. The van der Waals surface area contributed by atoms with Crippen LogP contribution in [0.1, 0.15) is 11.1 Å². The molecule has 1 atom stereocenters. The zero-order valence-electron chi connectivity index (χ0n) is 17.5. The first-order valence-corrected chi connectivity index (χ1v) is 10.4. The van der Waals surface area contributed by atoms with E-state index in [1.165, 1.54) is 6.07 Å². The Labute approximate surface area is 185 Å². The second kappa shape index (κ2) is 8.19. The molecule has 5 rings (SSSR count). The highest BCUT2D eigenvalue weighted by molar-refractivity contribution is 6.19. The van der Waals surface area contributed by atoms with Crippen LogP contribution < -0.4 is 15.6 Å². The Morgan fingerprint density at radius 3 is 2.62 bits per heavy atom. The quantitative estimate of drug-likeness (QED) is 0.654. The molecule has 0 saturated heterocycles. The van der Waals surface area contributed by atoms with Crippen LogP contribution in [0.4, 0.5) is 21.5 Å². The molecular formula is C25H22FN5O. The number of benzene rings is 3. The topological polar surface area (TPSA) is 60.0 Å². The molecule has 0 fully saturated rings. The van der Waals surface area contributed by atoms with Gasteiger partial charge in [-0.05, 0) is 30.3 Å². The molecule has 0 unspecified atom stereocenters. The number of anilines is 3. The first-order valence-electron chi connectivity index (χ1n) is 10.4. The van der Waals surface area contributed by atoms with Crippen LogP contribution in [0.5, 0.6) is 0 Å². The number of hydrogen-bond donors (Lipinski definition) is 2. The Kier molecular flexibility index (Phi) is 5.07. The van der Waals surface area contributed by atoms with E-state index < -0.39 is 6.17 Å². The summed E-state index contributed by atoms with van der Waals surface area (Å²) in [5, 5.41) is 9.34. The molecule has 1 amide bonds. The lowest BCUT2D eigenvalue weighted by Gasteiger charge is -2.34. The van der Waals surface area contributed by atoms with Gasteiger partial charge in [0.05, 0.1) is 23.6 Å². The van der Waals surface area contributed by atoms with Gasteiger partial charge < -0.3 is 10.6 Å². The zero-order valence-corrected chi connectivity index (χ0v) is 17.5. The molecule has 0 saturated carbocycles. The van der Waals surface area contributed by atoms with Gasteiger partial charge >= 0.3 is 0 Å². The van der Waals surface area contributed by atoms with E-state index in [4.69, 9.17) is 4.99 Å². The van der Waals surface area contributed by atoms with Crippen LogP contribution in [0, 0.1) is 5.82 Å². The van der Waals surface area contributed by atoms with E-state index >= 15 is 0 Å². The molecule has 0 bridgehead atoms. The van der Waals surface area contributed by atoms with Gasteiger partial charge in [0.1, 0.15) is 5.82 Å². The minimum atomic E-state index is -0.903. The summed E-state index contributed by atoms with van der Waals surface area (Å²) in [5.41, 5.74) is 4.20. The number of carbonyl (C=O) groups excluding carboxylic acids is 1. The Bertz CT molecular complexity index is 1220. The van der Waals surface area contributed by atoms with Crippen LogP contribution in [0.15, 0.2) is 90.1 Å². The average molecular weight is 427 g/mol. The fourth-order valence-electron chi connectivity index (χ4n) is 3.99. The minimum absolute atomic E-state index is 0.285. The summed E-state index contributed by atoms with van der Waals surface area (Å²) in [7, 11) is 1.74. The molecule has 2 heterocycles. The zero-order chi connectivity index (χ0) is 22.1. The third-order valence-electron chi connectivity index (χ3n) is 5.55. The Morgan fingerprint density at radius 2 is 1.84 bits per heavy atom. The number of fused-ring (bicyclic) bond motifs is 1. The maximum atomic E-state index is 14.9. The molecule has 2 aliphatic heterocycles. The largest absolute Gasteiger partial charge is 0.388 e. The van der Waals surface area contributed by atoms with Gasteiger partial charge in [-0.15, -0.1) is 0 Å². The van der Waals surface area contributed by atoms with Crippen LogP contribution in [0.3, 0.4) is 0 Å². The number of nitrogens with zero attached hydrogens (tertiary/aromatic N) is 3. The Hall–Kier alpha value is -4.13. The van der Waals surface area contributed by atoms with Gasteiger partial charge in [0.2, 0.25) is 6.17 Å². The second-order valence-electron chi connectivity index (χ2n) is 7.52. The van der Waals surface area contributed by atoms with Crippen LogP contribution in [0.25, 0.3) is 0 Å². The van der Waals surface area contributed by atoms with Crippen molar-refractivity contribution in [2.75, 3.05) is 29.2 Å². The van der Waals surface area contributed by atoms with Crippen molar-refractivity contribution in [3.63, 3.8) is 0 Å². The number of aliphatic imine (C=N–C) groups is 1. The lowest BCUT2D eigenvalue weighted by Crippen LogP contribution is -2.48. The molecular weight excluding hydrogens is 405 g/mol. The van der Waals surface area contributed by atoms with Crippen molar-refractivity contribution in [3.8, 4) is 0 Å². The van der Waals surface area contributed by atoms with Crippen molar-refractivity contribution in [3.05, 3.63) is 102 Å². The summed E-state index contributed by atoms with van der Waals surface area (Å²) in [4.78, 5) is 18.2. The second-order valence-corrected chi connectivity index (χ2v) is 7.52. The van der Waals surface area contributed by atoms with E-state index in [-0.39, 0.29) is 11.7 Å². The van der Waals surface area contributed by atoms with Crippen LogP contribution in [-0.2, 0) is 4.79 Å². The number of halogens is 1. The monoisotopic (exact) mass is 427 g/mol. The summed E-state index contributed by atoms with van der Waals surface area (Å²) < 4.78 is 14.9. The predicted octanol–water partition coefficient (Wildman–Crippen LogP) is 4.23. The molecule has 0 aliphatic carbocycles. The maximum absolute atomic E-state index is 14.9. The van der Waals surface area contributed by atoms with Crippen molar-refractivity contribution in [1.29, 1.82) is 0 Å². The Morgan fingerprint density at radius 1 is 1.06 bits per heavy atom. The van der Waals surface area contributed by atoms with E-state index in [1.54, 1.807) is 35.4 Å². The van der Waals surface area contributed by atoms with Crippen molar-refractivity contribution >= 4 is 28.7 Å². The average Bonchev–Trinajstić information content (AvgIpc) is 3.24. The van der Waals surface area contributed by atoms with E-state index in [2.05, 4.69) is 10.6 Å². The fraction of sp³-hybridized carbons (Fsp3) is 0.120. The molecule has 3 aromatic rings. The van der Waals surface area contributed by atoms with E-state index in [0.717, 1.165) is 11.1 Å². The number of para-hydroxylation sites is 1. The molecule has 0 aromatic heterocycles. The lowest BCUT2D eigenvalue weighted by molar-refractivity contribution is -0.120. The molecule has 6 nitrogen and oxygen atoms in total. The fourth-order valence-corrected chi connectivity index (χ4v) is 3.99. The smallest absolute Gasteiger partial charge is 0.271 e. The molecule has 32 heavy (non-hydrogen) atoms. The highest BCUT2D eigenvalue weighted by Gasteiger charge is 2.34. The summed E-state index contributed by atoms with van der Waals surface area (Å²) >= 11 is 0. The number of rotatable bonds is 4. The molecule has 160 valence electrons. The van der Waals surface area contributed by atoms with Gasteiger partial charge in [-0.1, -0.05) is 48.5 Å². The number of hydrazine groups is 1. The van der Waals surface area contributed by atoms with Gasteiger partial charge in [0.25, 0.3) is 5.91 Å². The molecule has 2 aliphatic rings. The summed E-state index contributed by atoms with van der Waals surface area (Å²) in [6.07, 6.45) is 2.76. The van der Waals surface area contributed by atoms with Gasteiger partial charge in [-0.2, -0.15) is 0 Å². The van der Waals surface area contributed by atoms with Crippen molar-refractivity contribution < 1.29 is 9.18 Å². The number of hydrogen-bond acceptors (Lipinski definition) is 5. The Balaban J connectivity index is 1.59. The van der Waals surface area contributed by atoms with Gasteiger partial charge in [-0.3, -0.25) is 14.8 Å². The molecule has 0 radical (unpaired) electrons. The number of amides is 1. The SMILES string of the molecule is CNc1ccc(N2CC=CN2[C@@H]2N=C(c3ccccc3)c3ccccc3NC2=O)c(F)c1. The van der Waals surface area contributed by atoms with Crippen LogP contribution in [-0.4, -0.2) is 36.4 Å². The first kappa shape index (κ1) is 19.8. The van der Waals surface area contributed by atoms with Crippen LogP contribution >= 0.6 is 0 Å². The molecule has 7 heteroatoms. The third kappa shape index (κ3) is 3.47. The van der Waals surface area contributed by atoms with E-state index in [9.17, 15) is 9.18 Å². The lowest BCUT2D eigenvalue weighted by atomic mass is 10.0. The predicted molar refractivity (Wildman–Crippen MR) is 125 cm³/mol. The van der Waals surface area contributed by atoms with E-state index in [0.29, 0.717) is 29.3 Å². The van der Waals surface area contributed by atoms with Gasteiger partial charge in [0, 0.05) is 30.1 Å². The third-order valence-corrected chi connectivity index (χ3v) is 5.55. The van der Waals surface area contributed by atoms with Crippen molar-refractivity contribution in [2.45, 2.75) is 6.17 Å². The van der Waals surface area contributed by atoms with Crippen molar-refractivity contribution in [2.24, 2.45) is 4.99 Å². The first-order chi connectivity index (χ1) is 15.7. The number of nitrogens with one attached hydrogen (secondary N) is 2. The van der Waals surface area contributed by atoms with Gasteiger partial charge in [0.15, 0.2) is 0 Å². The maximum Gasteiger partial charge on any atom is 0.271 e. The normalized spacial score (nSPS) is 17.5. The molecule has 2 N–H and O–H groups in total. The summed E-state index contributed by atoms with van der Waals surface area (Å²) in [6, 6.07) is 22.3. The highest BCUT2D eigenvalue weighted by Crippen LogP contribution is 2.31.